The number of thiocarbonyl (C=S) groups is 1. The highest BCUT2D eigenvalue weighted by Crippen LogP contribution is 2.29. The molecule has 0 atom stereocenters. The Hall–Kier alpha value is -3.41. The highest BCUT2D eigenvalue weighted by molar-refractivity contribution is 8.26. The summed E-state index contributed by atoms with van der Waals surface area (Å²) in [6.45, 7) is 0. The molecule has 136 valence electrons. The maximum atomic E-state index is 11.8. The molecular weight excluding hydrogens is 396 g/mol. The first-order valence-electron chi connectivity index (χ1n) is 7.98. The lowest BCUT2D eigenvalue weighted by Gasteiger charge is -1.97. The summed E-state index contributed by atoms with van der Waals surface area (Å²) in [7, 11) is 0. The minimum Gasteiger partial charge on any atom is -0.478 e. The van der Waals surface area contributed by atoms with Crippen molar-refractivity contribution in [2.75, 3.05) is 0 Å². The number of fused-ring (bicyclic) bond motifs is 1. The Kier molecular flexibility index (Phi) is 4.69. The zero-order chi connectivity index (χ0) is 19.7. The number of aromatic nitrogens is 1. The Morgan fingerprint density at radius 2 is 2.04 bits per heavy atom. The number of carboxylic acid groups (broad SMARTS) is 1. The molecule has 1 fully saturated rings. The van der Waals surface area contributed by atoms with Crippen molar-refractivity contribution < 1.29 is 19.1 Å². The van der Waals surface area contributed by atoms with Crippen LogP contribution in [0.15, 0.2) is 52.0 Å². The van der Waals surface area contributed by atoms with Crippen LogP contribution in [0.1, 0.15) is 27.2 Å². The molecule has 1 amide bonds. The van der Waals surface area contributed by atoms with Gasteiger partial charge in [0.1, 0.15) is 10.1 Å². The summed E-state index contributed by atoms with van der Waals surface area (Å²) < 4.78 is 6.24. The molecule has 0 spiro atoms. The molecule has 8 heteroatoms. The van der Waals surface area contributed by atoms with Crippen LogP contribution in [0.5, 0.6) is 0 Å². The van der Waals surface area contributed by atoms with Gasteiger partial charge in [-0.2, -0.15) is 0 Å². The molecule has 3 aromatic rings. The number of rotatable bonds is 2. The fourth-order valence-corrected chi connectivity index (χ4v) is 3.63. The summed E-state index contributed by atoms with van der Waals surface area (Å²) >= 11 is 6.14. The summed E-state index contributed by atoms with van der Waals surface area (Å²) in [6, 6.07) is 8.26. The Labute approximate surface area is 168 Å². The van der Waals surface area contributed by atoms with E-state index in [1.807, 2.05) is 0 Å². The second-order valence-corrected chi connectivity index (χ2v) is 7.43. The van der Waals surface area contributed by atoms with Crippen LogP contribution in [-0.2, 0) is 4.79 Å². The first-order valence-corrected chi connectivity index (χ1v) is 9.20. The molecular formula is C20H10N2O4S2. The lowest BCUT2D eigenvalue weighted by Crippen LogP contribution is -2.17. The molecule has 6 nitrogen and oxygen atoms in total. The normalized spacial score (nSPS) is 14.8. The Balaban J connectivity index is 1.74. The number of carbonyl (C=O) groups excluding carboxylic acids is 1. The second kappa shape index (κ2) is 7.31. The standard InChI is InChI=1S/C20H10N2O4S2/c23-18-16(28-20(27)22-18)8-14-7-13-10-21-9-12(17(13)26-14)6-5-11-3-1-2-4-15(11)19(24)25/h1-4,7-10H,(H,24,25)(H,22,23,27). The maximum absolute atomic E-state index is 11.8. The van der Waals surface area contributed by atoms with Gasteiger partial charge in [-0.3, -0.25) is 9.78 Å². The van der Waals surface area contributed by atoms with E-state index in [9.17, 15) is 14.7 Å². The van der Waals surface area contributed by atoms with E-state index in [0.29, 0.717) is 31.7 Å². The smallest absolute Gasteiger partial charge is 0.336 e. The third-order valence-electron chi connectivity index (χ3n) is 3.85. The van der Waals surface area contributed by atoms with Crippen LogP contribution in [0.2, 0.25) is 0 Å². The first-order chi connectivity index (χ1) is 13.5. The number of hydrogen-bond acceptors (Lipinski definition) is 6. The number of furan rings is 1. The molecule has 1 aliphatic rings. The van der Waals surface area contributed by atoms with Crippen molar-refractivity contribution in [2.24, 2.45) is 0 Å². The number of nitrogens with zero attached hydrogens (tertiary/aromatic N) is 1. The number of thioether (sulfide) groups is 1. The predicted molar refractivity (Wildman–Crippen MR) is 110 cm³/mol. The first kappa shape index (κ1) is 18.0. The molecule has 28 heavy (non-hydrogen) atoms. The van der Waals surface area contributed by atoms with E-state index in [0.717, 1.165) is 5.39 Å². The van der Waals surface area contributed by atoms with Gasteiger partial charge in [-0.25, -0.2) is 4.79 Å². The number of hydrogen-bond donors (Lipinski definition) is 2. The average Bonchev–Trinajstić information content (AvgIpc) is 3.22. The average molecular weight is 406 g/mol. The Bertz CT molecular complexity index is 1250. The van der Waals surface area contributed by atoms with E-state index in [2.05, 4.69) is 22.1 Å². The van der Waals surface area contributed by atoms with E-state index >= 15 is 0 Å². The monoisotopic (exact) mass is 406 g/mol. The number of aromatic carboxylic acids is 1. The number of pyridine rings is 1. The van der Waals surface area contributed by atoms with Gasteiger partial charge < -0.3 is 14.8 Å². The third kappa shape index (κ3) is 3.53. The molecule has 0 unspecified atom stereocenters. The lowest BCUT2D eigenvalue weighted by molar-refractivity contribution is -0.115. The van der Waals surface area contributed by atoms with Crippen molar-refractivity contribution >= 4 is 57.2 Å². The van der Waals surface area contributed by atoms with Crippen LogP contribution in [-0.4, -0.2) is 26.3 Å². The maximum Gasteiger partial charge on any atom is 0.336 e. The van der Waals surface area contributed by atoms with Crippen molar-refractivity contribution in [2.45, 2.75) is 0 Å². The largest absolute Gasteiger partial charge is 0.478 e. The van der Waals surface area contributed by atoms with Gasteiger partial charge in [0.15, 0.2) is 5.58 Å². The van der Waals surface area contributed by atoms with Crippen LogP contribution < -0.4 is 5.32 Å². The van der Waals surface area contributed by atoms with Gasteiger partial charge in [-0.05, 0) is 18.2 Å². The van der Waals surface area contributed by atoms with Gasteiger partial charge in [-0.1, -0.05) is 48.0 Å². The Morgan fingerprint density at radius 3 is 2.79 bits per heavy atom. The quantitative estimate of drug-likeness (QED) is 0.383. The Morgan fingerprint density at radius 1 is 1.25 bits per heavy atom. The molecule has 0 radical (unpaired) electrons. The zero-order valence-corrected chi connectivity index (χ0v) is 15.7. The minimum atomic E-state index is -1.04. The van der Waals surface area contributed by atoms with Crippen LogP contribution in [0.25, 0.3) is 17.0 Å². The number of benzene rings is 1. The van der Waals surface area contributed by atoms with Crippen molar-refractivity contribution in [3.8, 4) is 11.8 Å². The van der Waals surface area contributed by atoms with Crippen molar-refractivity contribution in [1.29, 1.82) is 0 Å². The molecule has 0 bridgehead atoms. The van der Waals surface area contributed by atoms with Crippen molar-refractivity contribution in [1.82, 2.24) is 10.3 Å². The number of nitrogens with one attached hydrogen (secondary N) is 1. The molecule has 2 aromatic heterocycles. The van der Waals surface area contributed by atoms with Gasteiger partial charge >= 0.3 is 5.97 Å². The summed E-state index contributed by atoms with van der Waals surface area (Å²) in [5.74, 6) is 4.96. The summed E-state index contributed by atoms with van der Waals surface area (Å²) in [6.07, 6.45) is 4.78. The number of carbonyl (C=O) groups is 2. The number of amides is 1. The highest BCUT2D eigenvalue weighted by Gasteiger charge is 2.22. The number of carboxylic acids is 1. The second-order valence-electron chi connectivity index (χ2n) is 5.71. The van der Waals surface area contributed by atoms with E-state index in [-0.39, 0.29) is 11.5 Å². The topological polar surface area (TPSA) is 92.4 Å². The third-order valence-corrected chi connectivity index (χ3v) is 5.01. The molecule has 1 saturated heterocycles. The van der Waals surface area contributed by atoms with E-state index in [1.54, 1.807) is 42.7 Å². The predicted octanol–water partition coefficient (Wildman–Crippen LogP) is 3.41. The van der Waals surface area contributed by atoms with Gasteiger partial charge in [-0.15, -0.1) is 0 Å². The van der Waals surface area contributed by atoms with Gasteiger partial charge in [0.05, 0.1) is 16.0 Å². The fraction of sp³-hybridized carbons (Fsp3) is 0. The van der Waals surface area contributed by atoms with Crippen LogP contribution in [0.4, 0.5) is 0 Å². The van der Waals surface area contributed by atoms with Crippen molar-refractivity contribution in [3.05, 3.63) is 70.1 Å². The fourth-order valence-electron chi connectivity index (χ4n) is 2.61. The molecule has 1 aliphatic heterocycles. The SMILES string of the molecule is O=C1NC(=S)SC1=Cc1cc2cncc(C#Cc3ccccc3C(=O)O)c2o1. The van der Waals surface area contributed by atoms with Crippen LogP contribution in [0.3, 0.4) is 0 Å². The van der Waals surface area contributed by atoms with E-state index in [1.165, 1.54) is 17.8 Å². The minimum absolute atomic E-state index is 0.125. The summed E-state index contributed by atoms with van der Waals surface area (Å²) in [5.41, 5.74) is 1.54. The van der Waals surface area contributed by atoms with Crippen molar-refractivity contribution in [3.63, 3.8) is 0 Å². The van der Waals surface area contributed by atoms with E-state index in [4.69, 9.17) is 16.6 Å². The van der Waals surface area contributed by atoms with Gasteiger partial charge in [0, 0.05) is 29.4 Å². The lowest BCUT2D eigenvalue weighted by atomic mass is 10.1. The molecule has 0 aliphatic carbocycles. The van der Waals surface area contributed by atoms with Crippen LogP contribution in [0, 0.1) is 11.8 Å². The molecule has 1 aromatic carbocycles. The van der Waals surface area contributed by atoms with Gasteiger partial charge in [0.2, 0.25) is 0 Å². The van der Waals surface area contributed by atoms with E-state index < -0.39 is 5.97 Å². The summed E-state index contributed by atoms with van der Waals surface area (Å²) in [5, 5.41) is 12.5. The molecule has 4 rings (SSSR count). The van der Waals surface area contributed by atoms with Crippen LogP contribution >= 0.6 is 24.0 Å². The zero-order valence-electron chi connectivity index (χ0n) is 14.1. The summed E-state index contributed by atoms with van der Waals surface area (Å²) in [4.78, 5) is 27.7. The molecule has 3 heterocycles. The molecule has 0 saturated carbocycles. The van der Waals surface area contributed by atoms with Gasteiger partial charge in [0.25, 0.3) is 5.91 Å². The highest BCUT2D eigenvalue weighted by atomic mass is 32.2. The molecule has 2 N–H and O–H groups in total.